The van der Waals surface area contributed by atoms with Gasteiger partial charge in [0.05, 0.1) is 20.2 Å². The number of aryl methyl sites for hydroxylation is 1. The average molecular weight is 447 g/mol. The lowest BCUT2D eigenvalue weighted by Gasteiger charge is -2.32. The van der Waals surface area contributed by atoms with Crippen LogP contribution in [-0.2, 0) is 13.1 Å². The second-order valence-corrected chi connectivity index (χ2v) is 8.16. The van der Waals surface area contributed by atoms with E-state index in [0.717, 1.165) is 43.1 Å². The van der Waals surface area contributed by atoms with Gasteiger partial charge >= 0.3 is 0 Å². The summed E-state index contributed by atoms with van der Waals surface area (Å²) < 4.78 is 16.5. The smallest absolute Gasteiger partial charge is 0.247 e. The predicted octanol–water partition coefficient (Wildman–Crippen LogP) is 3.42. The fraction of sp³-hybridized carbons (Fsp3) is 0.333. The van der Waals surface area contributed by atoms with Crippen LogP contribution >= 0.6 is 0 Å². The molecule has 0 aliphatic carbocycles. The van der Waals surface area contributed by atoms with Crippen LogP contribution < -0.4 is 4.74 Å². The van der Waals surface area contributed by atoms with Gasteiger partial charge in [-0.15, -0.1) is 10.2 Å². The number of rotatable bonds is 7. The SMILES string of the molecule is COc1ccc(-c2nnc(CN3CCN(Cc4nc(-c5ccc(C)cc5)no4)CC3)o2)cc1. The molecule has 0 radical (unpaired) electrons. The Kier molecular flexibility index (Phi) is 6.14. The van der Waals surface area contributed by atoms with Gasteiger partial charge in [-0.05, 0) is 31.2 Å². The molecule has 0 spiro atoms. The summed E-state index contributed by atoms with van der Waals surface area (Å²) in [5.74, 6) is 3.21. The Morgan fingerprint density at radius 1 is 0.818 bits per heavy atom. The number of benzene rings is 2. The molecule has 9 nitrogen and oxygen atoms in total. The normalized spacial score (nSPS) is 15.1. The zero-order valence-corrected chi connectivity index (χ0v) is 18.8. The second kappa shape index (κ2) is 9.51. The Balaban J connectivity index is 1.12. The zero-order valence-electron chi connectivity index (χ0n) is 18.8. The molecular weight excluding hydrogens is 420 g/mol. The minimum Gasteiger partial charge on any atom is -0.497 e. The third-order valence-electron chi connectivity index (χ3n) is 5.76. The first kappa shape index (κ1) is 21.3. The molecule has 9 heteroatoms. The maximum atomic E-state index is 5.87. The molecule has 1 fully saturated rings. The molecule has 0 atom stereocenters. The third-order valence-corrected chi connectivity index (χ3v) is 5.76. The highest BCUT2D eigenvalue weighted by molar-refractivity contribution is 5.55. The fourth-order valence-corrected chi connectivity index (χ4v) is 3.79. The number of aromatic nitrogens is 4. The van der Waals surface area contributed by atoms with Gasteiger partial charge in [0, 0.05) is 37.3 Å². The summed E-state index contributed by atoms with van der Waals surface area (Å²) in [5, 5.41) is 12.5. The van der Waals surface area contributed by atoms with Gasteiger partial charge in [-0.2, -0.15) is 4.98 Å². The van der Waals surface area contributed by atoms with Crippen LogP contribution in [0.4, 0.5) is 0 Å². The van der Waals surface area contributed by atoms with Gasteiger partial charge in [0.15, 0.2) is 0 Å². The quantitative estimate of drug-likeness (QED) is 0.423. The van der Waals surface area contributed by atoms with Crippen molar-refractivity contribution in [2.45, 2.75) is 20.0 Å². The summed E-state index contributed by atoms with van der Waals surface area (Å²) in [6, 6.07) is 15.7. The molecule has 170 valence electrons. The monoisotopic (exact) mass is 446 g/mol. The van der Waals surface area contributed by atoms with Crippen molar-refractivity contribution in [3.63, 3.8) is 0 Å². The van der Waals surface area contributed by atoms with Crippen LogP contribution in [0.5, 0.6) is 5.75 Å². The molecule has 5 rings (SSSR count). The lowest BCUT2D eigenvalue weighted by Crippen LogP contribution is -2.45. The Morgan fingerprint density at radius 3 is 2.12 bits per heavy atom. The van der Waals surface area contributed by atoms with Gasteiger partial charge in [0.25, 0.3) is 0 Å². The molecule has 0 amide bonds. The third kappa shape index (κ3) is 5.10. The molecule has 3 heterocycles. The van der Waals surface area contributed by atoms with E-state index in [4.69, 9.17) is 13.7 Å². The maximum absolute atomic E-state index is 5.87. The van der Waals surface area contributed by atoms with Crippen LogP contribution in [0.15, 0.2) is 57.5 Å². The minimum absolute atomic E-state index is 0.520. The first-order chi connectivity index (χ1) is 16.2. The van der Waals surface area contributed by atoms with E-state index < -0.39 is 0 Å². The van der Waals surface area contributed by atoms with Gasteiger partial charge in [-0.25, -0.2) is 0 Å². The molecule has 1 saturated heterocycles. The number of hydrogen-bond donors (Lipinski definition) is 0. The topological polar surface area (TPSA) is 93.6 Å². The highest BCUT2D eigenvalue weighted by Crippen LogP contribution is 2.22. The van der Waals surface area contributed by atoms with Crippen LogP contribution in [0.3, 0.4) is 0 Å². The molecule has 33 heavy (non-hydrogen) atoms. The van der Waals surface area contributed by atoms with E-state index in [1.165, 1.54) is 5.56 Å². The summed E-state index contributed by atoms with van der Waals surface area (Å²) in [5.41, 5.74) is 3.05. The van der Waals surface area contributed by atoms with Crippen LogP contribution in [0.2, 0.25) is 0 Å². The number of ether oxygens (including phenoxy) is 1. The molecule has 1 aliphatic rings. The highest BCUT2D eigenvalue weighted by Gasteiger charge is 2.21. The van der Waals surface area contributed by atoms with Crippen molar-refractivity contribution in [1.82, 2.24) is 30.1 Å². The number of hydrogen-bond acceptors (Lipinski definition) is 9. The molecule has 0 unspecified atom stereocenters. The summed E-state index contributed by atoms with van der Waals surface area (Å²) >= 11 is 0. The number of nitrogens with zero attached hydrogens (tertiary/aromatic N) is 6. The van der Waals surface area contributed by atoms with E-state index in [9.17, 15) is 0 Å². The first-order valence-electron chi connectivity index (χ1n) is 11.0. The first-order valence-corrected chi connectivity index (χ1v) is 11.0. The van der Waals surface area contributed by atoms with E-state index in [1.807, 2.05) is 48.5 Å². The Hall–Kier alpha value is -3.56. The maximum Gasteiger partial charge on any atom is 0.247 e. The van der Waals surface area contributed by atoms with Crippen molar-refractivity contribution in [3.8, 4) is 28.6 Å². The molecule has 0 saturated carbocycles. The van der Waals surface area contributed by atoms with Crippen molar-refractivity contribution in [2.24, 2.45) is 0 Å². The summed E-state index contributed by atoms with van der Waals surface area (Å²) in [4.78, 5) is 9.19. The predicted molar refractivity (Wildman–Crippen MR) is 121 cm³/mol. The van der Waals surface area contributed by atoms with Gasteiger partial charge in [0.2, 0.25) is 23.5 Å². The van der Waals surface area contributed by atoms with E-state index >= 15 is 0 Å². The van der Waals surface area contributed by atoms with E-state index in [2.05, 4.69) is 37.1 Å². The van der Waals surface area contributed by atoms with E-state index in [1.54, 1.807) is 7.11 Å². The van der Waals surface area contributed by atoms with Crippen molar-refractivity contribution in [1.29, 1.82) is 0 Å². The van der Waals surface area contributed by atoms with E-state index in [0.29, 0.717) is 36.6 Å². The summed E-state index contributed by atoms with van der Waals surface area (Å²) in [6.45, 7) is 6.95. The van der Waals surface area contributed by atoms with Crippen LogP contribution in [0, 0.1) is 6.92 Å². The fourth-order valence-electron chi connectivity index (χ4n) is 3.79. The van der Waals surface area contributed by atoms with Gasteiger partial charge in [0.1, 0.15) is 5.75 Å². The highest BCUT2D eigenvalue weighted by atomic mass is 16.5. The molecule has 2 aromatic heterocycles. The lowest BCUT2D eigenvalue weighted by atomic mass is 10.1. The van der Waals surface area contributed by atoms with Crippen molar-refractivity contribution in [2.75, 3.05) is 33.3 Å². The van der Waals surface area contributed by atoms with Gasteiger partial charge < -0.3 is 13.7 Å². The molecule has 4 aromatic rings. The molecular formula is C24H26N6O3. The number of piperazine rings is 1. The number of methoxy groups -OCH3 is 1. The minimum atomic E-state index is 0.520. The van der Waals surface area contributed by atoms with E-state index in [-0.39, 0.29) is 0 Å². The van der Waals surface area contributed by atoms with Crippen molar-refractivity contribution in [3.05, 3.63) is 65.9 Å². The van der Waals surface area contributed by atoms with Crippen LogP contribution in [-0.4, -0.2) is 63.4 Å². The van der Waals surface area contributed by atoms with Crippen molar-refractivity contribution < 1.29 is 13.7 Å². The Bertz CT molecular complexity index is 1180. The molecule has 0 bridgehead atoms. The summed E-state index contributed by atoms with van der Waals surface area (Å²) in [7, 11) is 1.64. The second-order valence-electron chi connectivity index (χ2n) is 8.16. The van der Waals surface area contributed by atoms with Crippen molar-refractivity contribution >= 4 is 0 Å². The Morgan fingerprint density at radius 2 is 1.45 bits per heavy atom. The summed E-state index contributed by atoms with van der Waals surface area (Å²) in [6.07, 6.45) is 0. The molecule has 0 N–H and O–H groups in total. The van der Waals surface area contributed by atoms with Gasteiger partial charge in [-0.1, -0.05) is 35.0 Å². The molecule has 1 aliphatic heterocycles. The molecule has 2 aromatic carbocycles. The zero-order chi connectivity index (χ0) is 22.6. The standard InChI is InChI=1S/C24H26N6O3/c1-17-3-5-18(6-4-17)23-25-21(33-28-23)15-29-11-13-30(14-12-29)16-22-26-27-24(32-22)19-7-9-20(31-2)10-8-19/h3-10H,11-16H2,1-2H3. The van der Waals surface area contributed by atoms with Crippen LogP contribution in [0.25, 0.3) is 22.8 Å². The lowest BCUT2D eigenvalue weighted by molar-refractivity contribution is 0.106. The van der Waals surface area contributed by atoms with Crippen LogP contribution in [0.1, 0.15) is 17.3 Å². The Labute approximate surface area is 192 Å². The largest absolute Gasteiger partial charge is 0.497 e. The van der Waals surface area contributed by atoms with Gasteiger partial charge in [-0.3, -0.25) is 9.80 Å². The average Bonchev–Trinajstić information content (AvgIpc) is 3.51.